The van der Waals surface area contributed by atoms with Crippen LogP contribution in [0, 0.1) is 16.0 Å². The molecule has 0 aliphatic carbocycles. The Morgan fingerprint density at radius 3 is 2.46 bits per heavy atom. The molecular formula is C14H21Cl3N2O5. The topological polar surface area (TPSA) is 81.9 Å². The summed E-state index contributed by atoms with van der Waals surface area (Å²) >= 11 is 17.9. The van der Waals surface area contributed by atoms with Gasteiger partial charge in [-0.25, -0.2) is 4.79 Å². The van der Waals surface area contributed by atoms with E-state index in [2.05, 4.69) is 0 Å². The van der Waals surface area contributed by atoms with Crippen molar-refractivity contribution >= 4 is 40.8 Å². The summed E-state index contributed by atoms with van der Waals surface area (Å²) in [6, 6.07) is -1.09. The minimum absolute atomic E-state index is 0.0669. The Morgan fingerprint density at radius 2 is 2.00 bits per heavy atom. The van der Waals surface area contributed by atoms with Crippen LogP contribution in [0.2, 0.25) is 0 Å². The number of hydrogen-bond donors (Lipinski definition) is 0. The van der Waals surface area contributed by atoms with Crippen LogP contribution in [-0.4, -0.2) is 58.5 Å². The lowest BCUT2D eigenvalue weighted by Gasteiger charge is -2.34. The van der Waals surface area contributed by atoms with Gasteiger partial charge in [0, 0.05) is 43.1 Å². The lowest BCUT2D eigenvalue weighted by Crippen LogP contribution is -2.40. The smallest absolute Gasteiger partial charge is 0.332 e. The summed E-state index contributed by atoms with van der Waals surface area (Å²) in [7, 11) is 0. The summed E-state index contributed by atoms with van der Waals surface area (Å²) in [6.45, 7) is 5.37. The second-order valence-electron chi connectivity index (χ2n) is 5.37. The lowest BCUT2D eigenvalue weighted by molar-refractivity contribution is -0.527. The molecule has 10 heteroatoms. The van der Waals surface area contributed by atoms with Crippen LogP contribution in [0.4, 0.5) is 0 Å². The van der Waals surface area contributed by atoms with Gasteiger partial charge in [0.05, 0.1) is 25.7 Å². The van der Waals surface area contributed by atoms with Crippen molar-refractivity contribution in [1.82, 2.24) is 4.90 Å². The Balaban J connectivity index is 3.07. The summed E-state index contributed by atoms with van der Waals surface area (Å²) in [5, 5.41) is 11.2. The maximum absolute atomic E-state index is 11.8. The molecule has 1 aliphatic heterocycles. The van der Waals surface area contributed by atoms with E-state index in [4.69, 9.17) is 44.3 Å². The summed E-state index contributed by atoms with van der Waals surface area (Å²) in [4.78, 5) is 24.4. The number of rotatable bonds is 7. The number of alkyl halides is 3. The van der Waals surface area contributed by atoms with E-state index in [1.807, 2.05) is 4.90 Å². The average Bonchev–Trinajstić information content (AvgIpc) is 2.50. The van der Waals surface area contributed by atoms with Gasteiger partial charge in [0.25, 0.3) is 0 Å². The normalized spacial score (nSPS) is 18.9. The van der Waals surface area contributed by atoms with Crippen molar-refractivity contribution in [2.75, 3.05) is 32.9 Å². The van der Waals surface area contributed by atoms with E-state index < -0.39 is 26.6 Å². The van der Waals surface area contributed by atoms with Crippen molar-refractivity contribution in [2.24, 2.45) is 5.92 Å². The molecule has 1 heterocycles. The maximum Gasteiger partial charge on any atom is 0.332 e. The molecule has 0 amide bonds. The second kappa shape index (κ2) is 9.65. The molecule has 2 atom stereocenters. The second-order valence-corrected chi connectivity index (χ2v) is 7.73. The minimum atomic E-state index is -1.84. The zero-order chi connectivity index (χ0) is 18.3. The number of esters is 1. The molecule has 138 valence electrons. The van der Waals surface area contributed by atoms with Gasteiger partial charge in [0.1, 0.15) is 0 Å². The van der Waals surface area contributed by atoms with Crippen LogP contribution in [0.15, 0.2) is 11.8 Å². The van der Waals surface area contributed by atoms with Gasteiger partial charge in [-0.3, -0.25) is 10.1 Å². The van der Waals surface area contributed by atoms with Crippen LogP contribution in [0.25, 0.3) is 0 Å². The van der Waals surface area contributed by atoms with Crippen molar-refractivity contribution < 1.29 is 19.2 Å². The lowest BCUT2D eigenvalue weighted by atomic mass is 9.96. The SMILES string of the molecule is CCOC(=O)/C=C(\C[C@@H]([C@@H](C)[N+](=O)[O-])C(Cl)(Cl)Cl)N1CCOCC1. The number of carbonyl (C=O) groups is 1. The van der Waals surface area contributed by atoms with E-state index >= 15 is 0 Å². The van der Waals surface area contributed by atoms with Gasteiger partial charge < -0.3 is 14.4 Å². The van der Waals surface area contributed by atoms with E-state index in [1.165, 1.54) is 13.0 Å². The molecule has 0 bridgehead atoms. The van der Waals surface area contributed by atoms with Gasteiger partial charge in [-0.15, -0.1) is 0 Å². The molecule has 0 N–H and O–H groups in total. The van der Waals surface area contributed by atoms with Gasteiger partial charge in [-0.2, -0.15) is 0 Å². The summed E-state index contributed by atoms with van der Waals surface area (Å²) < 4.78 is 8.38. The number of nitro groups is 1. The fraction of sp³-hybridized carbons (Fsp3) is 0.786. The summed E-state index contributed by atoms with van der Waals surface area (Å²) in [6.07, 6.45) is 1.38. The monoisotopic (exact) mass is 402 g/mol. The number of halogens is 3. The van der Waals surface area contributed by atoms with Crippen LogP contribution in [0.1, 0.15) is 20.3 Å². The van der Waals surface area contributed by atoms with Gasteiger partial charge in [-0.05, 0) is 6.92 Å². The number of morpholine rings is 1. The Labute approximate surface area is 155 Å². The fourth-order valence-corrected chi connectivity index (χ4v) is 3.16. The largest absolute Gasteiger partial charge is 0.463 e. The first kappa shape index (κ1) is 21.3. The van der Waals surface area contributed by atoms with Gasteiger partial charge in [-0.1, -0.05) is 34.8 Å². The Bertz CT molecular complexity index is 476. The number of hydrogen-bond acceptors (Lipinski definition) is 6. The molecule has 0 spiro atoms. The predicted molar refractivity (Wildman–Crippen MR) is 92.0 cm³/mol. The van der Waals surface area contributed by atoms with E-state index in [1.54, 1.807) is 6.92 Å². The molecule has 0 saturated carbocycles. The van der Waals surface area contributed by atoms with Crippen LogP contribution >= 0.6 is 34.8 Å². The first-order valence-corrected chi connectivity index (χ1v) is 8.70. The van der Waals surface area contributed by atoms with Crippen LogP contribution in [-0.2, 0) is 14.3 Å². The van der Waals surface area contributed by atoms with Crippen molar-refractivity contribution in [1.29, 1.82) is 0 Å². The van der Waals surface area contributed by atoms with Crippen molar-refractivity contribution in [3.8, 4) is 0 Å². The van der Waals surface area contributed by atoms with E-state index in [-0.39, 0.29) is 13.0 Å². The highest BCUT2D eigenvalue weighted by Gasteiger charge is 2.43. The Morgan fingerprint density at radius 1 is 1.42 bits per heavy atom. The van der Waals surface area contributed by atoms with Crippen LogP contribution in [0.3, 0.4) is 0 Å². The number of carbonyl (C=O) groups excluding carboxylic acids is 1. The molecule has 1 aliphatic rings. The van der Waals surface area contributed by atoms with E-state index in [0.717, 1.165) is 0 Å². The average molecular weight is 404 g/mol. The molecule has 0 radical (unpaired) electrons. The minimum Gasteiger partial charge on any atom is -0.463 e. The highest BCUT2D eigenvalue weighted by Crippen LogP contribution is 2.41. The first-order chi connectivity index (χ1) is 11.2. The quantitative estimate of drug-likeness (QED) is 0.214. The Kier molecular flexibility index (Phi) is 8.56. The Hall–Kier alpha value is -0.760. The summed E-state index contributed by atoms with van der Waals surface area (Å²) in [5.41, 5.74) is 0.543. The first-order valence-electron chi connectivity index (χ1n) is 7.57. The van der Waals surface area contributed by atoms with E-state index in [0.29, 0.717) is 32.0 Å². The van der Waals surface area contributed by atoms with Crippen molar-refractivity contribution in [3.63, 3.8) is 0 Å². The third-order valence-corrected chi connectivity index (χ3v) is 4.59. The van der Waals surface area contributed by atoms with Crippen LogP contribution < -0.4 is 0 Å². The van der Waals surface area contributed by atoms with Gasteiger partial charge in [0.15, 0.2) is 3.79 Å². The molecular weight excluding hydrogens is 383 g/mol. The van der Waals surface area contributed by atoms with Gasteiger partial charge >= 0.3 is 5.97 Å². The standard InChI is InChI=1S/C14H21Cl3N2O5/c1-3-24-13(20)9-11(18-4-6-23-7-5-18)8-12(14(15,16)17)10(2)19(21)22/h9-10,12H,3-8H2,1-2H3/b11-9+/t10-,12+/m1/s1. The zero-order valence-corrected chi connectivity index (χ0v) is 15.8. The number of nitrogens with zero attached hydrogens (tertiary/aromatic N) is 2. The highest BCUT2D eigenvalue weighted by molar-refractivity contribution is 6.67. The molecule has 1 rings (SSSR count). The number of allylic oxidation sites excluding steroid dienone is 1. The third-order valence-electron chi connectivity index (χ3n) is 3.75. The zero-order valence-electron chi connectivity index (χ0n) is 13.5. The van der Waals surface area contributed by atoms with Crippen LogP contribution in [0.5, 0.6) is 0 Å². The van der Waals surface area contributed by atoms with Crippen molar-refractivity contribution in [3.05, 3.63) is 21.9 Å². The molecule has 7 nitrogen and oxygen atoms in total. The van der Waals surface area contributed by atoms with Crippen molar-refractivity contribution in [2.45, 2.75) is 30.1 Å². The molecule has 24 heavy (non-hydrogen) atoms. The summed E-state index contributed by atoms with van der Waals surface area (Å²) in [5.74, 6) is -1.43. The number of ether oxygens (including phenoxy) is 2. The third kappa shape index (κ3) is 6.63. The molecule has 0 unspecified atom stereocenters. The molecule has 1 saturated heterocycles. The fourth-order valence-electron chi connectivity index (χ4n) is 2.38. The molecule has 0 aromatic heterocycles. The molecule has 1 fully saturated rings. The highest BCUT2D eigenvalue weighted by atomic mass is 35.6. The predicted octanol–water partition coefficient (Wildman–Crippen LogP) is 2.81. The molecule has 0 aromatic rings. The van der Waals surface area contributed by atoms with E-state index in [9.17, 15) is 14.9 Å². The molecule has 0 aromatic carbocycles. The van der Waals surface area contributed by atoms with Gasteiger partial charge in [0.2, 0.25) is 6.04 Å². The maximum atomic E-state index is 11.8.